The van der Waals surface area contributed by atoms with E-state index in [0.29, 0.717) is 12.5 Å². The molecule has 1 heterocycles. The molecular formula is C16H21BrClO3Si. The SMILES string of the molecule is C[Si](C)Oc1ccc2oc(Br)c(C(C)(C)C)c2c1OCCCl. The molecule has 0 aliphatic rings. The van der Waals surface area contributed by atoms with Gasteiger partial charge in [-0.25, -0.2) is 0 Å². The molecule has 0 unspecified atom stereocenters. The van der Waals surface area contributed by atoms with E-state index in [-0.39, 0.29) is 5.41 Å². The number of hydrogen-bond donors (Lipinski definition) is 0. The summed E-state index contributed by atoms with van der Waals surface area (Å²) in [4.78, 5) is 0. The van der Waals surface area contributed by atoms with E-state index in [0.717, 1.165) is 32.7 Å². The maximum atomic E-state index is 6.00. The average molecular weight is 405 g/mol. The Bertz CT molecular complexity index is 661. The van der Waals surface area contributed by atoms with Gasteiger partial charge in [0, 0.05) is 5.56 Å². The van der Waals surface area contributed by atoms with E-state index < -0.39 is 9.04 Å². The van der Waals surface area contributed by atoms with Crippen molar-refractivity contribution in [3.8, 4) is 11.5 Å². The number of ether oxygens (including phenoxy) is 1. The van der Waals surface area contributed by atoms with Gasteiger partial charge in [0.15, 0.2) is 10.4 Å². The Labute approximate surface area is 146 Å². The highest BCUT2D eigenvalue weighted by Gasteiger charge is 2.28. The van der Waals surface area contributed by atoms with Crippen LogP contribution in [0, 0.1) is 0 Å². The molecule has 0 saturated heterocycles. The van der Waals surface area contributed by atoms with Gasteiger partial charge >= 0.3 is 0 Å². The van der Waals surface area contributed by atoms with Gasteiger partial charge in [-0.05, 0) is 46.6 Å². The maximum Gasteiger partial charge on any atom is 0.274 e. The minimum atomic E-state index is -0.898. The number of rotatable bonds is 5. The summed E-state index contributed by atoms with van der Waals surface area (Å²) in [5, 5.41) is 0.963. The van der Waals surface area contributed by atoms with Crippen LogP contribution in [-0.2, 0) is 5.41 Å². The Balaban J connectivity index is 2.72. The van der Waals surface area contributed by atoms with Crippen molar-refractivity contribution in [1.82, 2.24) is 0 Å². The largest absolute Gasteiger partial charge is 0.540 e. The first-order valence-corrected chi connectivity index (χ1v) is 10.9. The van der Waals surface area contributed by atoms with Crippen LogP contribution < -0.4 is 9.16 Å². The Kier molecular flexibility index (Phi) is 5.51. The van der Waals surface area contributed by atoms with Gasteiger partial charge in [0.1, 0.15) is 17.9 Å². The molecular weight excluding hydrogens is 384 g/mol. The lowest BCUT2D eigenvalue weighted by Crippen LogP contribution is -2.14. The molecule has 0 bridgehead atoms. The number of halogens is 2. The second-order valence-corrected chi connectivity index (χ2v) is 9.43. The van der Waals surface area contributed by atoms with Crippen molar-refractivity contribution in [3.63, 3.8) is 0 Å². The molecule has 2 rings (SSSR count). The van der Waals surface area contributed by atoms with Crippen LogP contribution in [0.4, 0.5) is 0 Å². The van der Waals surface area contributed by atoms with E-state index in [1.165, 1.54) is 0 Å². The molecule has 22 heavy (non-hydrogen) atoms. The monoisotopic (exact) mass is 403 g/mol. The van der Waals surface area contributed by atoms with Gasteiger partial charge in [0.25, 0.3) is 9.04 Å². The van der Waals surface area contributed by atoms with Crippen molar-refractivity contribution >= 4 is 47.5 Å². The molecule has 3 nitrogen and oxygen atoms in total. The Morgan fingerprint density at radius 3 is 2.50 bits per heavy atom. The Morgan fingerprint density at radius 2 is 1.95 bits per heavy atom. The standard InChI is InChI=1S/C16H21BrClO3Si/c1-16(2,3)13-12-10(20-15(13)17)6-7-11(21-22(4)5)14(12)19-9-8-18/h6-7H,8-9H2,1-5H3. The average Bonchev–Trinajstić information content (AvgIpc) is 2.73. The van der Waals surface area contributed by atoms with Gasteiger partial charge < -0.3 is 13.6 Å². The van der Waals surface area contributed by atoms with E-state index in [4.69, 9.17) is 25.2 Å². The lowest BCUT2D eigenvalue weighted by molar-refractivity contribution is 0.334. The molecule has 0 spiro atoms. The van der Waals surface area contributed by atoms with Gasteiger partial charge in [0.05, 0.1) is 11.3 Å². The molecule has 1 aromatic carbocycles. The second-order valence-electron chi connectivity index (χ2n) is 6.31. The third-order valence-corrected chi connectivity index (χ3v) is 4.46. The molecule has 2 aromatic rings. The molecule has 0 aliphatic carbocycles. The van der Waals surface area contributed by atoms with Crippen molar-refractivity contribution < 1.29 is 13.6 Å². The van der Waals surface area contributed by atoms with E-state index in [1.807, 2.05) is 12.1 Å². The summed E-state index contributed by atoms with van der Waals surface area (Å²) in [5.41, 5.74) is 1.78. The summed E-state index contributed by atoms with van der Waals surface area (Å²) in [7, 11) is -0.898. The van der Waals surface area contributed by atoms with E-state index >= 15 is 0 Å². The van der Waals surface area contributed by atoms with Crippen molar-refractivity contribution in [2.45, 2.75) is 39.3 Å². The molecule has 0 N–H and O–H groups in total. The minimum Gasteiger partial charge on any atom is -0.540 e. The van der Waals surface area contributed by atoms with Gasteiger partial charge in [-0.3, -0.25) is 0 Å². The second kappa shape index (κ2) is 6.85. The first kappa shape index (κ1) is 17.7. The molecule has 0 atom stereocenters. The fourth-order valence-electron chi connectivity index (χ4n) is 2.37. The predicted molar refractivity (Wildman–Crippen MR) is 96.9 cm³/mol. The van der Waals surface area contributed by atoms with Crippen LogP contribution in [0.2, 0.25) is 13.1 Å². The molecule has 1 radical (unpaired) electrons. The van der Waals surface area contributed by atoms with Gasteiger partial charge in [-0.2, -0.15) is 0 Å². The van der Waals surface area contributed by atoms with Crippen LogP contribution in [-0.4, -0.2) is 21.5 Å². The number of fused-ring (bicyclic) bond motifs is 1. The summed E-state index contributed by atoms with van der Waals surface area (Å²) in [5.74, 6) is 1.91. The molecule has 0 fully saturated rings. The highest BCUT2D eigenvalue weighted by atomic mass is 79.9. The van der Waals surface area contributed by atoms with Gasteiger partial charge in [0.2, 0.25) is 0 Å². The topological polar surface area (TPSA) is 31.6 Å². The van der Waals surface area contributed by atoms with Crippen molar-refractivity contribution in [2.24, 2.45) is 0 Å². The number of hydrogen-bond acceptors (Lipinski definition) is 3. The van der Waals surface area contributed by atoms with E-state index in [9.17, 15) is 0 Å². The van der Waals surface area contributed by atoms with Crippen molar-refractivity contribution in [2.75, 3.05) is 12.5 Å². The number of benzene rings is 1. The van der Waals surface area contributed by atoms with Crippen molar-refractivity contribution in [3.05, 3.63) is 22.4 Å². The highest BCUT2D eigenvalue weighted by Crippen LogP contribution is 2.46. The fraction of sp³-hybridized carbons (Fsp3) is 0.500. The lowest BCUT2D eigenvalue weighted by atomic mass is 9.86. The first-order valence-electron chi connectivity index (χ1n) is 7.18. The molecule has 0 amide bonds. The quantitative estimate of drug-likeness (QED) is 0.470. The van der Waals surface area contributed by atoms with Crippen LogP contribution >= 0.6 is 27.5 Å². The summed E-state index contributed by atoms with van der Waals surface area (Å²) in [6.45, 7) is 11.1. The molecule has 1 aromatic heterocycles. The van der Waals surface area contributed by atoms with Crippen LogP contribution in [0.25, 0.3) is 11.0 Å². The molecule has 6 heteroatoms. The summed E-state index contributed by atoms with van der Waals surface area (Å²) >= 11 is 9.34. The van der Waals surface area contributed by atoms with Crippen LogP contribution in [0.5, 0.6) is 11.5 Å². The van der Waals surface area contributed by atoms with Crippen molar-refractivity contribution in [1.29, 1.82) is 0 Å². The molecule has 121 valence electrons. The molecule has 0 saturated carbocycles. The van der Waals surface area contributed by atoms with Crippen LogP contribution in [0.15, 0.2) is 21.2 Å². The maximum absolute atomic E-state index is 6.00. The van der Waals surface area contributed by atoms with Crippen LogP contribution in [0.1, 0.15) is 26.3 Å². The number of alkyl halides is 1. The fourth-order valence-corrected chi connectivity index (χ4v) is 4.01. The summed E-state index contributed by atoms with van der Waals surface area (Å²) in [6, 6.07) is 3.84. The van der Waals surface area contributed by atoms with E-state index in [1.54, 1.807) is 0 Å². The zero-order valence-corrected chi connectivity index (χ0v) is 16.9. The van der Waals surface area contributed by atoms with Crippen LogP contribution in [0.3, 0.4) is 0 Å². The zero-order valence-electron chi connectivity index (χ0n) is 13.5. The first-order chi connectivity index (χ1) is 10.3. The van der Waals surface area contributed by atoms with Gasteiger partial charge in [-0.15, -0.1) is 11.6 Å². The van der Waals surface area contributed by atoms with E-state index in [2.05, 4.69) is 49.8 Å². The molecule has 0 aliphatic heterocycles. The normalized spacial score (nSPS) is 12.2. The Hall–Kier alpha value is -0.653. The highest BCUT2D eigenvalue weighted by molar-refractivity contribution is 9.10. The zero-order chi connectivity index (χ0) is 16.5. The Morgan fingerprint density at radius 1 is 1.27 bits per heavy atom. The third-order valence-electron chi connectivity index (χ3n) is 3.12. The predicted octanol–water partition coefficient (Wildman–Crippen LogP) is 5.74. The minimum absolute atomic E-state index is 0.0893. The van der Waals surface area contributed by atoms with Gasteiger partial charge in [-0.1, -0.05) is 20.8 Å². The summed E-state index contributed by atoms with van der Waals surface area (Å²) in [6.07, 6.45) is 0. The smallest absolute Gasteiger partial charge is 0.274 e. The summed E-state index contributed by atoms with van der Waals surface area (Å²) < 4.78 is 18.5. The lowest BCUT2D eigenvalue weighted by Gasteiger charge is -2.20. The number of furan rings is 1. The third kappa shape index (κ3) is 3.63.